The van der Waals surface area contributed by atoms with E-state index in [0.29, 0.717) is 22.5 Å². The Kier molecular flexibility index (Phi) is 2.71. The van der Waals surface area contributed by atoms with Crippen LogP contribution >= 0.6 is 0 Å². The van der Waals surface area contributed by atoms with Gasteiger partial charge in [-0.2, -0.15) is 5.26 Å². The predicted molar refractivity (Wildman–Crippen MR) is 60.9 cm³/mol. The van der Waals surface area contributed by atoms with Gasteiger partial charge in [-0.1, -0.05) is 0 Å². The topological polar surface area (TPSA) is 75.1 Å². The summed E-state index contributed by atoms with van der Waals surface area (Å²) in [5.41, 5.74) is 1.46. The third-order valence-corrected chi connectivity index (χ3v) is 2.45. The summed E-state index contributed by atoms with van der Waals surface area (Å²) in [5, 5.41) is 9.61. The number of fused-ring (bicyclic) bond motifs is 1. The quantitative estimate of drug-likeness (QED) is 0.798. The Morgan fingerprint density at radius 3 is 2.71 bits per heavy atom. The van der Waals surface area contributed by atoms with Crippen LogP contribution in [0, 0.1) is 11.3 Å². The Bertz CT molecular complexity index is 622. The number of carbonyl (C=O) groups is 1. The molecule has 0 aliphatic rings. The Morgan fingerprint density at radius 2 is 2.12 bits per heavy atom. The molecule has 0 fully saturated rings. The lowest BCUT2D eigenvalue weighted by atomic mass is 10.1. The summed E-state index contributed by atoms with van der Waals surface area (Å²) < 4.78 is 9.79. The number of H-pyrrole nitrogens is 1. The summed E-state index contributed by atoms with van der Waals surface area (Å²) in [7, 11) is 2.83. The third-order valence-electron chi connectivity index (χ3n) is 2.45. The van der Waals surface area contributed by atoms with Crippen LogP contribution in [0.25, 0.3) is 10.9 Å². The van der Waals surface area contributed by atoms with Gasteiger partial charge in [-0.25, -0.2) is 4.79 Å². The van der Waals surface area contributed by atoms with E-state index < -0.39 is 5.97 Å². The maximum Gasteiger partial charge on any atom is 0.354 e. The number of esters is 1. The molecule has 0 unspecified atom stereocenters. The Morgan fingerprint density at radius 1 is 1.35 bits per heavy atom. The number of methoxy groups -OCH3 is 2. The highest BCUT2D eigenvalue weighted by molar-refractivity contribution is 5.97. The number of carbonyl (C=O) groups excluding carboxylic acids is 1. The molecule has 0 spiro atoms. The molecule has 1 N–H and O–H groups in total. The standard InChI is InChI=1S/C12H10N2O3/c1-16-11-4-7(6-13)3-9-8(11)5-10(14-9)12(15)17-2/h3-5,14H,1-2H3. The van der Waals surface area contributed by atoms with Gasteiger partial charge in [0.2, 0.25) is 0 Å². The smallest absolute Gasteiger partial charge is 0.354 e. The van der Waals surface area contributed by atoms with Crippen LogP contribution in [-0.4, -0.2) is 25.2 Å². The number of ether oxygens (including phenoxy) is 2. The third kappa shape index (κ3) is 1.81. The van der Waals surface area contributed by atoms with Gasteiger partial charge in [-0.05, 0) is 18.2 Å². The Balaban J connectivity index is 2.67. The van der Waals surface area contributed by atoms with Crippen molar-refractivity contribution in [2.75, 3.05) is 14.2 Å². The lowest BCUT2D eigenvalue weighted by molar-refractivity contribution is 0.0595. The molecule has 0 aliphatic carbocycles. The van der Waals surface area contributed by atoms with E-state index in [1.807, 2.05) is 6.07 Å². The van der Waals surface area contributed by atoms with Gasteiger partial charge >= 0.3 is 5.97 Å². The molecule has 1 heterocycles. The van der Waals surface area contributed by atoms with E-state index in [2.05, 4.69) is 9.72 Å². The average Bonchev–Trinajstić information content (AvgIpc) is 2.80. The first-order chi connectivity index (χ1) is 8.19. The van der Waals surface area contributed by atoms with Crippen molar-refractivity contribution in [1.82, 2.24) is 4.98 Å². The fourth-order valence-electron chi connectivity index (χ4n) is 1.66. The van der Waals surface area contributed by atoms with Gasteiger partial charge in [0.15, 0.2) is 0 Å². The van der Waals surface area contributed by atoms with Crippen molar-refractivity contribution < 1.29 is 14.3 Å². The van der Waals surface area contributed by atoms with Crippen LogP contribution in [0.4, 0.5) is 0 Å². The largest absolute Gasteiger partial charge is 0.496 e. The van der Waals surface area contributed by atoms with E-state index in [-0.39, 0.29) is 0 Å². The number of benzene rings is 1. The molecule has 0 atom stereocenters. The van der Waals surface area contributed by atoms with E-state index in [0.717, 1.165) is 5.39 Å². The van der Waals surface area contributed by atoms with Gasteiger partial charge < -0.3 is 14.5 Å². The number of rotatable bonds is 2. The van der Waals surface area contributed by atoms with Crippen LogP contribution in [0.5, 0.6) is 5.75 Å². The molecule has 5 heteroatoms. The maximum absolute atomic E-state index is 11.4. The molecule has 0 aliphatic heterocycles. The predicted octanol–water partition coefficient (Wildman–Crippen LogP) is 1.83. The minimum Gasteiger partial charge on any atom is -0.496 e. The highest BCUT2D eigenvalue weighted by Crippen LogP contribution is 2.28. The van der Waals surface area contributed by atoms with Crippen molar-refractivity contribution in [2.45, 2.75) is 0 Å². The van der Waals surface area contributed by atoms with Crippen LogP contribution in [0.2, 0.25) is 0 Å². The number of nitrogens with one attached hydrogen (secondary N) is 1. The number of aromatic amines is 1. The van der Waals surface area contributed by atoms with Crippen LogP contribution in [-0.2, 0) is 4.74 Å². The van der Waals surface area contributed by atoms with Gasteiger partial charge in [-0.3, -0.25) is 0 Å². The molecule has 17 heavy (non-hydrogen) atoms. The summed E-state index contributed by atoms with van der Waals surface area (Å²) in [5.74, 6) is 0.0900. The number of nitrogens with zero attached hydrogens (tertiary/aromatic N) is 1. The molecule has 1 aromatic heterocycles. The molecular weight excluding hydrogens is 220 g/mol. The molecule has 0 bridgehead atoms. The summed E-state index contributed by atoms with van der Waals surface area (Å²) in [4.78, 5) is 14.3. The van der Waals surface area contributed by atoms with E-state index in [1.165, 1.54) is 14.2 Å². The molecule has 2 rings (SSSR count). The maximum atomic E-state index is 11.4. The van der Waals surface area contributed by atoms with E-state index in [1.54, 1.807) is 18.2 Å². The van der Waals surface area contributed by atoms with Gasteiger partial charge in [0, 0.05) is 5.39 Å². The van der Waals surface area contributed by atoms with Crippen molar-refractivity contribution in [1.29, 1.82) is 5.26 Å². The Labute approximate surface area is 97.6 Å². The lowest BCUT2D eigenvalue weighted by Crippen LogP contribution is -2.00. The Hall–Kier alpha value is -2.48. The molecule has 2 aromatic rings. The second-order valence-electron chi connectivity index (χ2n) is 3.43. The molecule has 0 saturated carbocycles. The fraction of sp³-hybridized carbons (Fsp3) is 0.167. The summed E-state index contributed by atoms with van der Waals surface area (Å²) in [6.45, 7) is 0. The van der Waals surface area contributed by atoms with Crippen LogP contribution < -0.4 is 4.74 Å². The first kappa shape index (κ1) is 11.0. The van der Waals surface area contributed by atoms with E-state index in [9.17, 15) is 4.79 Å². The molecule has 5 nitrogen and oxygen atoms in total. The molecular formula is C12H10N2O3. The summed E-state index contributed by atoms with van der Waals surface area (Å²) in [6, 6.07) is 6.95. The van der Waals surface area contributed by atoms with Crippen LogP contribution in [0.3, 0.4) is 0 Å². The second-order valence-corrected chi connectivity index (χ2v) is 3.43. The van der Waals surface area contributed by atoms with Gasteiger partial charge in [0.1, 0.15) is 11.4 Å². The monoisotopic (exact) mass is 230 g/mol. The van der Waals surface area contributed by atoms with Gasteiger partial charge in [0.05, 0.1) is 31.4 Å². The SMILES string of the molecule is COC(=O)c1cc2c(OC)cc(C#N)cc2[nH]1. The number of aromatic nitrogens is 1. The zero-order chi connectivity index (χ0) is 12.4. The van der Waals surface area contributed by atoms with Crippen LogP contribution in [0.15, 0.2) is 18.2 Å². The fourth-order valence-corrected chi connectivity index (χ4v) is 1.66. The van der Waals surface area contributed by atoms with Gasteiger partial charge in [-0.15, -0.1) is 0 Å². The highest BCUT2D eigenvalue weighted by Gasteiger charge is 2.13. The minimum absolute atomic E-state index is 0.330. The van der Waals surface area contributed by atoms with Crippen molar-refractivity contribution in [3.8, 4) is 11.8 Å². The lowest BCUT2D eigenvalue weighted by Gasteiger charge is -2.01. The van der Waals surface area contributed by atoms with E-state index >= 15 is 0 Å². The zero-order valence-corrected chi connectivity index (χ0v) is 9.40. The molecule has 0 amide bonds. The van der Waals surface area contributed by atoms with E-state index in [4.69, 9.17) is 10.00 Å². The van der Waals surface area contributed by atoms with Crippen molar-refractivity contribution in [3.63, 3.8) is 0 Å². The second kappa shape index (κ2) is 4.18. The molecule has 0 saturated heterocycles. The molecule has 86 valence electrons. The molecule has 1 aromatic carbocycles. The number of hydrogen-bond donors (Lipinski definition) is 1. The highest BCUT2D eigenvalue weighted by atomic mass is 16.5. The van der Waals surface area contributed by atoms with Crippen molar-refractivity contribution >= 4 is 16.9 Å². The van der Waals surface area contributed by atoms with Gasteiger partial charge in [0.25, 0.3) is 0 Å². The van der Waals surface area contributed by atoms with Crippen molar-refractivity contribution in [3.05, 3.63) is 29.5 Å². The summed E-state index contributed by atoms with van der Waals surface area (Å²) >= 11 is 0. The first-order valence-corrected chi connectivity index (χ1v) is 4.88. The average molecular weight is 230 g/mol. The normalized spacial score (nSPS) is 9.94. The first-order valence-electron chi connectivity index (χ1n) is 4.88. The number of hydrogen-bond acceptors (Lipinski definition) is 4. The zero-order valence-electron chi connectivity index (χ0n) is 9.40. The summed E-state index contributed by atoms with van der Waals surface area (Å²) in [6.07, 6.45) is 0. The van der Waals surface area contributed by atoms with Crippen molar-refractivity contribution in [2.24, 2.45) is 0 Å². The minimum atomic E-state index is -0.457. The van der Waals surface area contributed by atoms with Crippen LogP contribution in [0.1, 0.15) is 16.1 Å². The molecule has 0 radical (unpaired) electrons. The number of nitriles is 1.